The highest BCUT2D eigenvalue weighted by Gasteiger charge is 2.33. The van der Waals surface area contributed by atoms with E-state index in [1.165, 1.54) is 0 Å². The van der Waals surface area contributed by atoms with Crippen LogP contribution in [0.15, 0.2) is 40.5 Å². The third kappa shape index (κ3) is 2.47. The molecule has 0 saturated carbocycles. The fourth-order valence-corrected chi connectivity index (χ4v) is 3.18. The first-order valence-electron chi connectivity index (χ1n) is 6.81. The molecular formula is C15H17N3O2S. The number of hydrogen-bond donors (Lipinski definition) is 1. The zero-order valence-corrected chi connectivity index (χ0v) is 13.0. The van der Waals surface area contributed by atoms with Gasteiger partial charge in [-0.1, -0.05) is 0 Å². The second kappa shape index (κ2) is 5.37. The van der Waals surface area contributed by atoms with Crippen LogP contribution in [-0.4, -0.2) is 21.6 Å². The molecule has 1 aliphatic rings. The summed E-state index contributed by atoms with van der Waals surface area (Å²) in [5.41, 5.74) is 2.49. The van der Waals surface area contributed by atoms with Crippen LogP contribution in [0.25, 0.3) is 0 Å². The molecule has 0 aromatic carbocycles. The monoisotopic (exact) mass is 303 g/mol. The van der Waals surface area contributed by atoms with Gasteiger partial charge in [-0.15, -0.1) is 0 Å². The maximum atomic E-state index is 12.5. The normalized spacial score (nSPS) is 17.6. The van der Waals surface area contributed by atoms with Crippen molar-refractivity contribution >= 4 is 23.3 Å². The summed E-state index contributed by atoms with van der Waals surface area (Å²) in [5, 5.41) is 7.23. The van der Waals surface area contributed by atoms with E-state index in [0.29, 0.717) is 5.57 Å². The van der Waals surface area contributed by atoms with E-state index in [4.69, 9.17) is 4.74 Å². The summed E-state index contributed by atoms with van der Waals surface area (Å²) >= 11 is 1.61. The highest BCUT2D eigenvalue weighted by Crippen LogP contribution is 2.36. The van der Waals surface area contributed by atoms with Crippen LogP contribution in [-0.2, 0) is 9.53 Å². The summed E-state index contributed by atoms with van der Waals surface area (Å²) in [6.45, 7) is 5.59. The van der Waals surface area contributed by atoms with Crippen LogP contribution in [0, 0.1) is 0 Å². The van der Waals surface area contributed by atoms with Gasteiger partial charge in [0.25, 0.3) is 0 Å². The number of nitrogens with zero attached hydrogens (tertiary/aromatic N) is 2. The molecule has 2 aromatic rings. The molecule has 1 aliphatic heterocycles. The van der Waals surface area contributed by atoms with Crippen molar-refractivity contribution in [3.05, 3.63) is 46.1 Å². The van der Waals surface area contributed by atoms with Crippen molar-refractivity contribution in [2.45, 2.75) is 32.9 Å². The van der Waals surface area contributed by atoms with E-state index in [2.05, 4.69) is 15.7 Å². The first-order valence-corrected chi connectivity index (χ1v) is 7.76. The molecule has 0 fully saturated rings. The predicted molar refractivity (Wildman–Crippen MR) is 82.2 cm³/mol. The summed E-state index contributed by atoms with van der Waals surface area (Å²) in [6, 6.07) is 1.83. The number of ether oxygens (including phenoxy) is 1. The van der Waals surface area contributed by atoms with Crippen molar-refractivity contribution in [1.29, 1.82) is 0 Å². The number of imidazole rings is 1. The molecule has 0 spiro atoms. The van der Waals surface area contributed by atoms with Gasteiger partial charge in [0, 0.05) is 18.1 Å². The summed E-state index contributed by atoms with van der Waals surface area (Å²) < 4.78 is 7.38. The number of rotatable bonds is 3. The fourth-order valence-electron chi connectivity index (χ4n) is 2.50. The number of nitrogens with one attached hydrogen (secondary N) is 1. The molecule has 1 atom stereocenters. The Balaban J connectivity index is 2.08. The third-order valence-electron chi connectivity index (χ3n) is 3.35. The van der Waals surface area contributed by atoms with Gasteiger partial charge in [-0.2, -0.15) is 11.3 Å². The Labute approximate surface area is 127 Å². The molecule has 0 bridgehead atoms. The SMILES string of the molecule is CC1=C(C(=O)OC(C)C)C(c2ccsc2)n2ccnc2N1. The molecule has 5 nitrogen and oxygen atoms in total. The molecule has 0 aliphatic carbocycles. The van der Waals surface area contributed by atoms with Gasteiger partial charge in [-0.05, 0) is 43.2 Å². The summed E-state index contributed by atoms with van der Waals surface area (Å²) in [4.78, 5) is 16.8. The first kappa shape index (κ1) is 13.9. The van der Waals surface area contributed by atoms with E-state index in [1.54, 1.807) is 17.5 Å². The first-order chi connectivity index (χ1) is 10.1. The summed E-state index contributed by atoms with van der Waals surface area (Å²) in [6.07, 6.45) is 3.45. The molecule has 1 unspecified atom stereocenters. The minimum Gasteiger partial charge on any atom is -0.459 e. The van der Waals surface area contributed by atoms with E-state index >= 15 is 0 Å². The Hall–Kier alpha value is -2.08. The van der Waals surface area contributed by atoms with Crippen molar-refractivity contribution < 1.29 is 9.53 Å². The second-order valence-electron chi connectivity index (χ2n) is 5.24. The van der Waals surface area contributed by atoms with Gasteiger partial charge in [0.15, 0.2) is 0 Å². The van der Waals surface area contributed by atoms with Gasteiger partial charge in [0.05, 0.1) is 17.7 Å². The molecule has 2 aromatic heterocycles. The molecule has 110 valence electrons. The van der Waals surface area contributed by atoms with Crippen LogP contribution >= 0.6 is 11.3 Å². The maximum Gasteiger partial charge on any atom is 0.338 e. The highest BCUT2D eigenvalue weighted by atomic mass is 32.1. The van der Waals surface area contributed by atoms with Crippen molar-refractivity contribution in [3.63, 3.8) is 0 Å². The lowest BCUT2D eigenvalue weighted by atomic mass is 9.97. The van der Waals surface area contributed by atoms with Crippen LogP contribution in [0.1, 0.15) is 32.4 Å². The third-order valence-corrected chi connectivity index (χ3v) is 4.05. The largest absolute Gasteiger partial charge is 0.459 e. The highest BCUT2D eigenvalue weighted by molar-refractivity contribution is 7.08. The Kier molecular flexibility index (Phi) is 3.55. The lowest BCUT2D eigenvalue weighted by Gasteiger charge is -2.29. The molecule has 0 amide bonds. The maximum absolute atomic E-state index is 12.5. The summed E-state index contributed by atoms with van der Waals surface area (Å²) in [7, 11) is 0. The minimum atomic E-state index is -0.287. The Morgan fingerprint density at radius 2 is 2.33 bits per heavy atom. The van der Waals surface area contributed by atoms with Crippen LogP contribution in [0.3, 0.4) is 0 Å². The zero-order valence-electron chi connectivity index (χ0n) is 12.2. The van der Waals surface area contributed by atoms with Crippen molar-refractivity contribution in [2.75, 3.05) is 5.32 Å². The number of anilines is 1. The van der Waals surface area contributed by atoms with E-state index < -0.39 is 0 Å². The smallest absolute Gasteiger partial charge is 0.338 e. The lowest BCUT2D eigenvalue weighted by Crippen LogP contribution is -2.29. The van der Waals surface area contributed by atoms with Crippen molar-refractivity contribution in [1.82, 2.24) is 9.55 Å². The molecule has 0 radical (unpaired) electrons. The van der Waals surface area contributed by atoms with Gasteiger partial charge < -0.3 is 14.6 Å². The van der Waals surface area contributed by atoms with Crippen LogP contribution < -0.4 is 5.32 Å². The molecule has 3 rings (SSSR count). The Morgan fingerprint density at radius 1 is 1.52 bits per heavy atom. The van der Waals surface area contributed by atoms with Gasteiger partial charge in [-0.25, -0.2) is 9.78 Å². The number of carbonyl (C=O) groups excluding carboxylic acids is 1. The average Bonchev–Trinajstić information content (AvgIpc) is 3.06. The Bertz CT molecular complexity index is 686. The number of thiophene rings is 1. The number of hydrogen-bond acceptors (Lipinski definition) is 5. The molecule has 0 saturated heterocycles. The van der Waals surface area contributed by atoms with Crippen molar-refractivity contribution in [2.24, 2.45) is 0 Å². The van der Waals surface area contributed by atoms with Gasteiger partial charge >= 0.3 is 5.97 Å². The van der Waals surface area contributed by atoms with Gasteiger partial charge in [0.1, 0.15) is 0 Å². The quantitative estimate of drug-likeness (QED) is 0.885. The molecule has 6 heteroatoms. The fraction of sp³-hybridized carbons (Fsp3) is 0.333. The number of esters is 1. The van der Waals surface area contributed by atoms with E-state index in [0.717, 1.165) is 17.2 Å². The minimum absolute atomic E-state index is 0.148. The van der Waals surface area contributed by atoms with Gasteiger partial charge in [0.2, 0.25) is 5.95 Å². The van der Waals surface area contributed by atoms with E-state index in [9.17, 15) is 4.79 Å². The lowest BCUT2D eigenvalue weighted by molar-refractivity contribution is -0.143. The van der Waals surface area contributed by atoms with E-state index in [-0.39, 0.29) is 18.1 Å². The van der Waals surface area contributed by atoms with Crippen LogP contribution in [0.5, 0.6) is 0 Å². The number of aromatic nitrogens is 2. The van der Waals surface area contributed by atoms with Crippen LogP contribution in [0.4, 0.5) is 5.95 Å². The number of allylic oxidation sites excluding steroid dienone is 1. The molecular weight excluding hydrogens is 286 g/mol. The molecule has 3 heterocycles. The average molecular weight is 303 g/mol. The zero-order chi connectivity index (χ0) is 15.0. The van der Waals surface area contributed by atoms with Gasteiger partial charge in [-0.3, -0.25) is 0 Å². The summed E-state index contributed by atoms with van der Waals surface area (Å²) in [5.74, 6) is 0.454. The predicted octanol–water partition coefficient (Wildman–Crippen LogP) is 3.19. The molecule has 21 heavy (non-hydrogen) atoms. The standard InChI is InChI=1S/C15H17N3O2S/c1-9(2)20-14(19)12-10(3)17-15-16-5-6-18(15)13(12)11-4-7-21-8-11/h4-9,13H,1-3H3,(H,16,17). The number of carbonyl (C=O) groups is 1. The number of fused-ring (bicyclic) bond motifs is 1. The van der Waals surface area contributed by atoms with Crippen molar-refractivity contribution in [3.8, 4) is 0 Å². The molecule has 1 N–H and O–H groups in total. The topological polar surface area (TPSA) is 56.2 Å². The Morgan fingerprint density at radius 3 is 3.00 bits per heavy atom. The van der Waals surface area contributed by atoms with Crippen LogP contribution in [0.2, 0.25) is 0 Å². The van der Waals surface area contributed by atoms with E-state index in [1.807, 2.05) is 43.0 Å². The second-order valence-corrected chi connectivity index (χ2v) is 6.02.